The molecule has 6 nitrogen and oxygen atoms in total. The fourth-order valence-corrected chi connectivity index (χ4v) is 5.34. The van der Waals surface area contributed by atoms with Gasteiger partial charge in [-0.1, -0.05) is 29.8 Å². The van der Waals surface area contributed by atoms with Crippen LogP contribution in [0.1, 0.15) is 14.7 Å². The highest BCUT2D eigenvalue weighted by atomic mass is 35.5. The third-order valence-corrected chi connectivity index (χ3v) is 7.13. The average molecular weight is 495 g/mol. The van der Waals surface area contributed by atoms with Gasteiger partial charge in [-0.15, -0.1) is 22.7 Å². The first-order chi connectivity index (χ1) is 16.0. The number of hydrogen-bond donors (Lipinski definition) is 2. The molecule has 9 heteroatoms. The smallest absolute Gasteiger partial charge is 0.310 e. The molecule has 0 unspecified atom stereocenters. The molecule has 5 aromatic rings. The Kier molecular flexibility index (Phi) is 5.72. The molecular formula is C24H15ClN2O4S2. The van der Waals surface area contributed by atoms with E-state index in [1.54, 1.807) is 35.7 Å². The van der Waals surface area contributed by atoms with Crippen LogP contribution in [0.5, 0.6) is 0 Å². The average Bonchev–Trinajstić information content (AvgIpc) is 3.52. The molecule has 3 heterocycles. The van der Waals surface area contributed by atoms with Crippen LogP contribution in [0, 0.1) is 0 Å². The standard InChI is InChI=1S/C24H15ClN2O4S2/c25-16-10-14(26-24(30)21-9-13-3-1-2-4-20(13)33-21)5-6-15(16)18-7-8-19(31-18)17-12-32-22(27-17)11-23(28)29/h1-10,12H,11H2,(H,26,30)(H,28,29). The van der Waals surface area contributed by atoms with E-state index in [1.807, 2.05) is 30.3 Å². The summed E-state index contributed by atoms with van der Waals surface area (Å²) in [5.74, 6) is -0.0513. The third kappa shape index (κ3) is 4.54. The number of nitrogens with one attached hydrogen (secondary N) is 1. The van der Waals surface area contributed by atoms with Crippen molar-refractivity contribution in [3.8, 4) is 22.8 Å². The maximum Gasteiger partial charge on any atom is 0.310 e. The lowest BCUT2D eigenvalue weighted by Gasteiger charge is -2.07. The molecule has 0 saturated carbocycles. The summed E-state index contributed by atoms with van der Waals surface area (Å²) in [5.41, 5.74) is 1.82. The SMILES string of the molecule is O=C(O)Cc1nc(-c2ccc(-c3ccc(NC(=O)c4cc5ccccc5s4)cc3Cl)o2)cs1. The molecule has 0 fully saturated rings. The van der Waals surface area contributed by atoms with Gasteiger partial charge in [-0.3, -0.25) is 9.59 Å². The van der Waals surface area contributed by atoms with Crippen LogP contribution in [0.25, 0.3) is 32.9 Å². The van der Waals surface area contributed by atoms with E-state index in [1.165, 1.54) is 22.7 Å². The normalized spacial score (nSPS) is 11.1. The maximum atomic E-state index is 12.7. The number of thiazole rings is 1. The number of halogens is 1. The van der Waals surface area contributed by atoms with Gasteiger partial charge in [-0.2, -0.15) is 0 Å². The number of carbonyl (C=O) groups is 2. The van der Waals surface area contributed by atoms with E-state index < -0.39 is 5.97 Å². The van der Waals surface area contributed by atoms with E-state index in [9.17, 15) is 9.59 Å². The van der Waals surface area contributed by atoms with Crippen molar-refractivity contribution in [2.24, 2.45) is 0 Å². The lowest BCUT2D eigenvalue weighted by Crippen LogP contribution is -2.09. The number of carboxylic acids is 1. The molecule has 3 aromatic heterocycles. The number of rotatable bonds is 6. The first-order valence-electron chi connectivity index (χ1n) is 9.82. The van der Waals surface area contributed by atoms with Gasteiger partial charge in [0.05, 0.1) is 16.3 Å². The highest BCUT2D eigenvalue weighted by molar-refractivity contribution is 7.20. The van der Waals surface area contributed by atoms with E-state index in [-0.39, 0.29) is 12.3 Å². The minimum atomic E-state index is -0.928. The molecule has 0 radical (unpaired) electrons. The molecule has 164 valence electrons. The van der Waals surface area contributed by atoms with Gasteiger partial charge in [-0.25, -0.2) is 4.98 Å². The number of carbonyl (C=O) groups excluding carboxylic acids is 1. The second-order valence-corrected chi connectivity index (χ2v) is 9.59. The van der Waals surface area contributed by atoms with Crippen LogP contribution in [-0.4, -0.2) is 22.0 Å². The molecule has 0 aliphatic rings. The number of benzene rings is 2. The van der Waals surface area contributed by atoms with E-state index in [4.69, 9.17) is 21.1 Å². The molecule has 0 bridgehead atoms. The van der Waals surface area contributed by atoms with Crippen molar-refractivity contribution < 1.29 is 19.1 Å². The monoisotopic (exact) mass is 494 g/mol. The largest absolute Gasteiger partial charge is 0.481 e. The number of hydrogen-bond acceptors (Lipinski definition) is 6. The quantitative estimate of drug-likeness (QED) is 0.270. The first-order valence-corrected chi connectivity index (χ1v) is 11.9. The maximum absolute atomic E-state index is 12.7. The molecule has 5 rings (SSSR count). The van der Waals surface area contributed by atoms with Gasteiger partial charge < -0.3 is 14.8 Å². The number of nitrogens with zero attached hydrogens (tertiary/aromatic N) is 1. The number of furan rings is 1. The predicted octanol–water partition coefficient (Wildman–Crippen LogP) is 6.82. The number of amides is 1. The minimum absolute atomic E-state index is 0.126. The van der Waals surface area contributed by atoms with E-state index >= 15 is 0 Å². The summed E-state index contributed by atoms with van der Waals surface area (Å²) in [6, 6.07) is 18.5. The molecule has 0 saturated heterocycles. The summed E-state index contributed by atoms with van der Waals surface area (Å²) in [6.07, 6.45) is -0.126. The van der Waals surface area contributed by atoms with Crippen molar-refractivity contribution >= 4 is 61.9 Å². The summed E-state index contributed by atoms with van der Waals surface area (Å²) in [6.45, 7) is 0. The van der Waals surface area contributed by atoms with Gasteiger partial charge in [0, 0.05) is 21.3 Å². The van der Waals surface area contributed by atoms with Crippen LogP contribution in [-0.2, 0) is 11.2 Å². The molecule has 0 aliphatic carbocycles. The van der Waals surface area contributed by atoms with Crippen LogP contribution >= 0.6 is 34.3 Å². The lowest BCUT2D eigenvalue weighted by molar-refractivity contribution is -0.136. The van der Waals surface area contributed by atoms with Crippen molar-refractivity contribution in [2.75, 3.05) is 5.32 Å². The van der Waals surface area contributed by atoms with Crippen molar-refractivity contribution in [2.45, 2.75) is 6.42 Å². The Hall–Kier alpha value is -3.46. The lowest BCUT2D eigenvalue weighted by atomic mass is 10.1. The molecule has 0 aliphatic heterocycles. The molecular weight excluding hydrogens is 480 g/mol. The second kappa shape index (κ2) is 8.82. The van der Waals surface area contributed by atoms with Crippen LogP contribution < -0.4 is 5.32 Å². The Morgan fingerprint density at radius 3 is 2.67 bits per heavy atom. The van der Waals surface area contributed by atoms with Crippen LogP contribution in [0.15, 0.2) is 70.5 Å². The van der Waals surface area contributed by atoms with E-state index in [0.29, 0.717) is 43.4 Å². The Labute approximate surface area is 201 Å². The summed E-state index contributed by atoms with van der Waals surface area (Å²) in [5, 5.41) is 15.5. The van der Waals surface area contributed by atoms with Crippen molar-refractivity contribution in [1.29, 1.82) is 0 Å². The van der Waals surface area contributed by atoms with Crippen molar-refractivity contribution in [1.82, 2.24) is 4.98 Å². The summed E-state index contributed by atoms with van der Waals surface area (Å²) >= 11 is 9.19. The molecule has 1 amide bonds. The zero-order chi connectivity index (χ0) is 22.9. The van der Waals surface area contributed by atoms with Crippen molar-refractivity contribution in [3.63, 3.8) is 0 Å². The fourth-order valence-electron chi connectivity index (χ4n) is 3.33. The Bertz CT molecular complexity index is 1470. The van der Waals surface area contributed by atoms with Crippen LogP contribution in [0.4, 0.5) is 5.69 Å². The summed E-state index contributed by atoms with van der Waals surface area (Å²) in [7, 11) is 0. The Balaban J connectivity index is 1.33. The van der Waals surface area contributed by atoms with Gasteiger partial charge in [0.2, 0.25) is 0 Å². The zero-order valence-electron chi connectivity index (χ0n) is 16.9. The Morgan fingerprint density at radius 2 is 1.88 bits per heavy atom. The highest BCUT2D eigenvalue weighted by Crippen LogP contribution is 2.35. The number of aromatic nitrogens is 1. The van der Waals surface area contributed by atoms with Crippen molar-refractivity contribution in [3.05, 3.63) is 81.0 Å². The molecule has 0 atom stereocenters. The topological polar surface area (TPSA) is 92.4 Å². The second-order valence-electron chi connectivity index (χ2n) is 7.16. The minimum Gasteiger partial charge on any atom is -0.481 e. The van der Waals surface area contributed by atoms with Crippen LogP contribution in [0.2, 0.25) is 5.02 Å². The van der Waals surface area contributed by atoms with Gasteiger partial charge in [-0.05, 0) is 47.9 Å². The van der Waals surface area contributed by atoms with Gasteiger partial charge in [0.15, 0.2) is 5.76 Å². The number of fused-ring (bicyclic) bond motifs is 1. The molecule has 33 heavy (non-hydrogen) atoms. The highest BCUT2D eigenvalue weighted by Gasteiger charge is 2.15. The van der Waals surface area contributed by atoms with E-state index in [0.717, 1.165) is 10.1 Å². The summed E-state index contributed by atoms with van der Waals surface area (Å²) < 4.78 is 6.96. The first kappa shape index (κ1) is 21.4. The number of anilines is 1. The number of thiophene rings is 1. The Morgan fingerprint density at radius 1 is 1.06 bits per heavy atom. The predicted molar refractivity (Wildman–Crippen MR) is 131 cm³/mol. The number of carboxylic acid groups (broad SMARTS) is 1. The summed E-state index contributed by atoms with van der Waals surface area (Å²) in [4.78, 5) is 28.5. The molecule has 2 N–H and O–H groups in total. The number of aliphatic carboxylic acids is 1. The van der Waals surface area contributed by atoms with Gasteiger partial charge >= 0.3 is 5.97 Å². The third-order valence-electron chi connectivity index (χ3n) is 4.85. The molecule has 2 aromatic carbocycles. The van der Waals surface area contributed by atoms with E-state index in [2.05, 4.69) is 10.3 Å². The molecule has 0 spiro atoms. The van der Waals surface area contributed by atoms with Crippen LogP contribution in [0.3, 0.4) is 0 Å². The zero-order valence-corrected chi connectivity index (χ0v) is 19.3. The van der Waals surface area contributed by atoms with Gasteiger partial charge in [0.25, 0.3) is 5.91 Å². The fraction of sp³-hybridized carbons (Fsp3) is 0.0417. The van der Waals surface area contributed by atoms with Gasteiger partial charge in [0.1, 0.15) is 16.5 Å².